The molecule has 0 unspecified atom stereocenters. The van der Waals surface area contributed by atoms with E-state index in [1.807, 2.05) is 21.6 Å². The summed E-state index contributed by atoms with van der Waals surface area (Å²) < 4.78 is 0. The van der Waals surface area contributed by atoms with Gasteiger partial charge in [0.05, 0.1) is 0 Å². The van der Waals surface area contributed by atoms with Crippen molar-refractivity contribution in [1.82, 2.24) is 10.2 Å². The van der Waals surface area contributed by atoms with Gasteiger partial charge in [0.1, 0.15) is 5.01 Å². The van der Waals surface area contributed by atoms with Crippen LogP contribution < -0.4 is 5.32 Å². The molecule has 0 bridgehead atoms. The molecule has 1 atom stereocenters. The van der Waals surface area contributed by atoms with Gasteiger partial charge in [-0.2, -0.15) is 0 Å². The van der Waals surface area contributed by atoms with Gasteiger partial charge in [-0.1, -0.05) is 45.8 Å². The first-order valence-electron chi connectivity index (χ1n) is 7.73. The van der Waals surface area contributed by atoms with Crippen LogP contribution in [0.2, 0.25) is 0 Å². The quantitative estimate of drug-likeness (QED) is 0.585. The van der Waals surface area contributed by atoms with Crippen molar-refractivity contribution in [3.8, 4) is 0 Å². The highest BCUT2D eigenvalue weighted by molar-refractivity contribution is 8.77. The summed E-state index contributed by atoms with van der Waals surface area (Å²) in [7, 11) is 4.00. The number of hydrogen-bond acceptors (Lipinski definition) is 6. The predicted molar refractivity (Wildman–Crippen MR) is 92.1 cm³/mol. The molecule has 0 radical (unpaired) electrons. The second-order valence-electron chi connectivity index (χ2n) is 5.70. The minimum Gasteiger partial charge on any atom is -0.301 e. The number of aromatic nitrogens is 2. The van der Waals surface area contributed by atoms with Crippen LogP contribution in [-0.4, -0.2) is 27.1 Å². The van der Waals surface area contributed by atoms with Crippen molar-refractivity contribution in [1.29, 1.82) is 0 Å². The van der Waals surface area contributed by atoms with E-state index >= 15 is 0 Å². The Labute approximate surface area is 137 Å². The molecule has 2 heterocycles. The molecular weight excluding hydrogens is 322 g/mol. The van der Waals surface area contributed by atoms with Crippen LogP contribution >= 0.6 is 32.9 Å². The number of amides is 1. The monoisotopic (exact) mass is 343 g/mol. The maximum atomic E-state index is 11.9. The third-order valence-electron chi connectivity index (χ3n) is 4.05. The normalized spacial score (nSPS) is 22.2. The molecule has 116 valence electrons. The van der Waals surface area contributed by atoms with Gasteiger partial charge in [0.2, 0.25) is 11.0 Å². The number of nitrogens with one attached hydrogen (secondary N) is 1. The van der Waals surface area contributed by atoms with Crippen molar-refractivity contribution >= 4 is 44.0 Å². The number of anilines is 1. The summed E-state index contributed by atoms with van der Waals surface area (Å²) in [6.07, 6.45) is 9.04. The fourth-order valence-corrected chi connectivity index (χ4v) is 6.47. The van der Waals surface area contributed by atoms with Crippen molar-refractivity contribution in [3.63, 3.8) is 0 Å². The summed E-state index contributed by atoms with van der Waals surface area (Å²) in [6.45, 7) is 0. The van der Waals surface area contributed by atoms with Crippen LogP contribution in [0.3, 0.4) is 0 Å². The molecule has 1 amide bonds. The minimum absolute atomic E-state index is 0.0831. The Hall–Kier alpha value is -0.270. The highest BCUT2D eigenvalue weighted by Crippen LogP contribution is 2.40. The van der Waals surface area contributed by atoms with E-state index < -0.39 is 0 Å². The van der Waals surface area contributed by atoms with Crippen LogP contribution in [0.25, 0.3) is 0 Å². The van der Waals surface area contributed by atoms with E-state index in [1.165, 1.54) is 37.9 Å². The topological polar surface area (TPSA) is 54.9 Å². The van der Waals surface area contributed by atoms with Crippen LogP contribution in [0.15, 0.2) is 0 Å². The summed E-state index contributed by atoms with van der Waals surface area (Å²) in [5.74, 6) is 1.96. The maximum absolute atomic E-state index is 11.9. The summed E-state index contributed by atoms with van der Waals surface area (Å²) in [4.78, 5) is 11.9. The molecular formula is C14H21N3OS3. The molecule has 21 heavy (non-hydrogen) atoms. The second kappa shape index (κ2) is 7.83. The molecule has 7 heteroatoms. The zero-order valence-electron chi connectivity index (χ0n) is 12.0. The molecule has 0 spiro atoms. The largest absolute Gasteiger partial charge is 0.301 e. The fraction of sp³-hybridized carbons (Fsp3) is 0.786. The Balaban J connectivity index is 1.32. The minimum atomic E-state index is 0.0831. The van der Waals surface area contributed by atoms with Crippen molar-refractivity contribution < 1.29 is 4.79 Å². The lowest BCUT2D eigenvalue weighted by Gasteiger charge is -2.21. The van der Waals surface area contributed by atoms with Crippen molar-refractivity contribution in [2.45, 2.75) is 62.5 Å². The van der Waals surface area contributed by atoms with E-state index in [4.69, 9.17) is 0 Å². The van der Waals surface area contributed by atoms with Crippen LogP contribution in [0.5, 0.6) is 0 Å². The molecule has 2 fully saturated rings. The predicted octanol–water partition coefficient (Wildman–Crippen LogP) is 4.46. The fourth-order valence-electron chi connectivity index (χ4n) is 2.51. The summed E-state index contributed by atoms with van der Waals surface area (Å²) in [5.41, 5.74) is 0. The van der Waals surface area contributed by atoms with Crippen molar-refractivity contribution in [3.05, 3.63) is 5.01 Å². The zero-order chi connectivity index (χ0) is 14.5. The van der Waals surface area contributed by atoms with Gasteiger partial charge >= 0.3 is 0 Å². The number of carbonyl (C=O) groups excluding carboxylic acids is 1. The Bertz CT molecular complexity index is 470. The number of rotatable bonds is 7. The van der Waals surface area contributed by atoms with Gasteiger partial charge in [-0.25, -0.2) is 0 Å². The van der Waals surface area contributed by atoms with Gasteiger partial charge < -0.3 is 5.32 Å². The molecule has 1 aliphatic heterocycles. The van der Waals surface area contributed by atoms with Crippen molar-refractivity contribution in [2.75, 3.05) is 11.1 Å². The lowest BCUT2D eigenvalue weighted by molar-refractivity contribution is -0.116. The summed E-state index contributed by atoms with van der Waals surface area (Å²) >= 11 is 1.54. The van der Waals surface area contributed by atoms with Crippen LogP contribution in [-0.2, 0) is 4.79 Å². The Kier molecular flexibility index (Phi) is 5.82. The molecule has 1 saturated heterocycles. The number of carbonyl (C=O) groups is 1. The van der Waals surface area contributed by atoms with Gasteiger partial charge in [0.15, 0.2) is 0 Å². The van der Waals surface area contributed by atoms with Gasteiger partial charge in [0, 0.05) is 23.3 Å². The second-order valence-corrected chi connectivity index (χ2v) is 9.49. The third-order valence-corrected chi connectivity index (χ3v) is 8.06. The third kappa shape index (κ3) is 4.60. The molecule has 1 aromatic heterocycles. The first kappa shape index (κ1) is 15.6. The smallest absolute Gasteiger partial charge is 0.226 e. The zero-order valence-corrected chi connectivity index (χ0v) is 14.5. The maximum Gasteiger partial charge on any atom is 0.226 e. The van der Waals surface area contributed by atoms with E-state index in [1.54, 1.807) is 11.3 Å². The highest BCUT2D eigenvalue weighted by Gasteiger charge is 2.23. The Morgan fingerprint density at radius 1 is 1.24 bits per heavy atom. The van der Waals surface area contributed by atoms with Crippen LogP contribution in [0.1, 0.15) is 62.3 Å². The first-order chi connectivity index (χ1) is 10.3. The number of nitrogens with zero attached hydrogens (tertiary/aromatic N) is 2. The van der Waals surface area contributed by atoms with Gasteiger partial charge in [0.25, 0.3) is 0 Å². The Morgan fingerprint density at radius 3 is 2.86 bits per heavy atom. The first-order valence-corrected chi connectivity index (χ1v) is 10.9. The van der Waals surface area contributed by atoms with E-state index in [0.29, 0.717) is 17.5 Å². The number of unbranched alkanes of at least 4 members (excludes halogenated alkanes) is 1. The van der Waals surface area contributed by atoms with E-state index in [0.717, 1.165) is 23.1 Å². The lowest BCUT2D eigenvalue weighted by Crippen LogP contribution is -2.11. The molecule has 3 rings (SSSR count). The van der Waals surface area contributed by atoms with Gasteiger partial charge in [-0.05, 0) is 32.1 Å². The summed E-state index contributed by atoms with van der Waals surface area (Å²) in [5, 5.41) is 13.7. The van der Waals surface area contributed by atoms with Crippen LogP contribution in [0, 0.1) is 0 Å². The van der Waals surface area contributed by atoms with Crippen molar-refractivity contribution in [2.24, 2.45) is 0 Å². The molecule has 4 nitrogen and oxygen atoms in total. The van der Waals surface area contributed by atoms with E-state index in [2.05, 4.69) is 15.5 Å². The lowest BCUT2D eigenvalue weighted by atomic mass is 9.86. The SMILES string of the molecule is O=C(CCCC[C@H]1CCSS1)Nc1nnc(C2CCC2)s1. The standard InChI is InChI=1S/C14H21N3OS3/c18-12(7-2-1-6-11-8-9-19-21-11)15-14-17-16-13(20-14)10-4-3-5-10/h10-11H,1-9H2,(H,15,17,18)/t11-/m0/s1. The number of hydrogen-bond donors (Lipinski definition) is 1. The molecule has 1 saturated carbocycles. The summed E-state index contributed by atoms with van der Waals surface area (Å²) in [6, 6.07) is 0. The molecule has 2 aliphatic rings. The average molecular weight is 344 g/mol. The molecule has 0 aromatic carbocycles. The van der Waals surface area contributed by atoms with Gasteiger partial charge in [-0.3, -0.25) is 4.79 Å². The van der Waals surface area contributed by atoms with E-state index in [-0.39, 0.29) is 5.91 Å². The molecule has 1 aromatic rings. The highest BCUT2D eigenvalue weighted by atomic mass is 33.1. The van der Waals surface area contributed by atoms with Gasteiger partial charge in [-0.15, -0.1) is 10.2 Å². The molecule has 1 aliphatic carbocycles. The Morgan fingerprint density at radius 2 is 2.14 bits per heavy atom. The van der Waals surface area contributed by atoms with E-state index in [9.17, 15) is 4.79 Å². The van der Waals surface area contributed by atoms with Crippen LogP contribution in [0.4, 0.5) is 5.13 Å². The molecule has 1 N–H and O–H groups in total. The average Bonchev–Trinajstić information content (AvgIpc) is 3.05.